The lowest BCUT2D eigenvalue weighted by Crippen LogP contribution is -2.36. The Morgan fingerprint density at radius 2 is 1.70 bits per heavy atom. The summed E-state index contributed by atoms with van der Waals surface area (Å²) in [6.07, 6.45) is 0. The predicted octanol–water partition coefficient (Wildman–Crippen LogP) is 2.29. The minimum Gasteiger partial charge on any atom is -0.378 e. The molecule has 0 spiro atoms. The molecule has 1 fully saturated rings. The molecular formula is C20H24N4O3. The number of amides is 3. The molecule has 1 aliphatic rings. The molecule has 3 rings (SSSR count). The number of rotatable bonds is 5. The number of hydrogen-bond acceptors (Lipinski definition) is 4. The quantitative estimate of drug-likeness (QED) is 0.848. The van der Waals surface area contributed by atoms with Crippen LogP contribution in [0.2, 0.25) is 0 Å². The van der Waals surface area contributed by atoms with Crippen LogP contribution in [0.3, 0.4) is 0 Å². The summed E-state index contributed by atoms with van der Waals surface area (Å²) in [5, 5.41) is 2.47. The molecule has 2 aromatic rings. The van der Waals surface area contributed by atoms with E-state index in [-0.39, 0.29) is 5.91 Å². The standard InChI is InChI=1S/C20H24N4O3/c1-23(19(25)16-4-6-17(7-5-16)22-20(21)26)14-15-2-8-18(9-3-15)24-10-12-27-13-11-24/h2-9H,10-14H2,1H3,(H3,21,22,26). The van der Waals surface area contributed by atoms with Crippen LogP contribution in [0.4, 0.5) is 16.2 Å². The van der Waals surface area contributed by atoms with Crippen molar-refractivity contribution >= 4 is 23.3 Å². The van der Waals surface area contributed by atoms with Crippen LogP contribution >= 0.6 is 0 Å². The molecule has 1 aliphatic heterocycles. The van der Waals surface area contributed by atoms with E-state index in [1.165, 1.54) is 5.69 Å². The van der Waals surface area contributed by atoms with E-state index in [1.807, 2.05) is 0 Å². The molecule has 0 unspecified atom stereocenters. The number of hydrogen-bond donors (Lipinski definition) is 2. The van der Waals surface area contributed by atoms with Gasteiger partial charge in [0.15, 0.2) is 0 Å². The number of ether oxygens (including phenoxy) is 1. The molecule has 0 radical (unpaired) electrons. The summed E-state index contributed by atoms with van der Waals surface area (Å²) < 4.78 is 5.38. The number of carbonyl (C=O) groups excluding carboxylic acids is 2. The zero-order chi connectivity index (χ0) is 19.2. The van der Waals surface area contributed by atoms with Gasteiger partial charge in [0, 0.05) is 43.6 Å². The molecule has 0 aliphatic carbocycles. The average molecular weight is 368 g/mol. The Balaban J connectivity index is 1.59. The van der Waals surface area contributed by atoms with Gasteiger partial charge in [0.05, 0.1) is 13.2 Å². The van der Waals surface area contributed by atoms with Crippen LogP contribution in [0, 0.1) is 0 Å². The summed E-state index contributed by atoms with van der Waals surface area (Å²) in [7, 11) is 1.77. The molecule has 7 heteroatoms. The summed E-state index contributed by atoms with van der Waals surface area (Å²) in [5.41, 5.74) is 8.43. The fraction of sp³-hybridized carbons (Fsp3) is 0.300. The normalized spacial score (nSPS) is 13.9. The van der Waals surface area contributed by atoms with Crippen LogP contribution in [-0.4, -0.2) is 50.2 Å². The smallest absolute Gasteiger partial charge is 0.316 e. The highest BCUT2D eigenvalue weighted by Gasteiger charge is 2.14. The number of primary amides is 1. The van der Waals surface area contributed by atoms with Gasteiger partial charge >= 0.3 is 6.03 Å². The lowest BCUT2D eigenvalue weighted by atomic mass is 10.1. The molecule has 7 nitrogen and oxygen atoms in total. The molecule has 1 heterocycles. The largest absolute Gasteiger partial charge is 0.378 e. The highest BCUT2D eigenvalue weighted by molar-refractivity contribution is 5.95. The van der Waals surface area contributed by atoms with Gasteiger partial charge in [0.1, 0.15) is 0 Å². The minimum atomic E-state index is -0.633. The monoisotopic (exact) mass is 368 g/mol. The first-order valence-electron chi connectivity index (χ1n) is 8.86. The number of urea groups is 1. The molecule has 2 aromatic carbocycles. The first kappa shape index (κ1) is 18.7. The van der Waals surface area contributed by atoms with E-state index in [2.05, 4.69) is 34.5 Å². The maximum Gasteiger partial charge on any atom is 0.316 e. The van der Waals surface area contributed by atoms with Gasteiger partial charge in [-0.05, 0) is 42.0 Å². The van der Waals surface area contributed by atoms with Crippen molar-refractivity contribution in [2.24, 2.45) is 5.73 Å². The summed E-state index contributed by atoms with van der Waals surface area (Å²) in [6.45, 7) is 3.83. The molecule has 1 saturated heterocycles. The molecule has 0 saturated carbocycles. The van der Waals surface area contributed by atoms with Crippen LogP contribution in [0.1, 0.15) is 15.9 Å². The van der Waals surface area contributed by atoms with E-state index in [9.17, 15) is 9.59 Å². The Morgan fingerprint density at radius 3 is 2.30 bits per heavy atom. The molecule has 0 atom stereocenters. The van der Waals surface area contributed by atoms with Gasteiger partial charge < -0.3 is 25.6 Å². The van der Waals surface area contributed by atoms with Crippen molar-refractivity contribution < 1.29 is 14.3 Å². The number of benzene rings is 2. The second-order valence-corrected chi connectivity index (χ2v) is 6.49. The number of nitrogens with two attached hydrogens (primary N) is 1. The fourth-order valence-electron chi connectivity index (χ4n) is 3.04. The second-order valence-electron chi connectivity index (χ2n) is 6.49. The number of nitrogens with one attached hydrogen (secondary N) is 1. The number of carbonyl (C=O) groups is 2. The summed E-state index contributed by atoms with van der Waals surface area (Å²) in [4.78, 5) is 27.4. The van der Waals surface area contributed by atoms with Crippen molar-refractivity contribution in [1.82, 2.24) is 4.90 Å². The lowest BCUT2D eigenvalue weighted by Gasteiger charge is -2.29. The van der Waals surface area contributed by atoms with E-state index >= 15 is 0 Å². The minimum absolute atomic E-state index is 0.0853. The van der Waals surface area contributed by atoms with Gasteiger partial charge in [0.2, 0.25) is 0 Å². The van der Waals surface area contributed by atoms with Gasteiger partial charge in [0.25, 0.3) is 5.91 Å². The number of anilines is 2. The van der Waals surface area contributed by atoms with Crippen molar-refractivity contribution in [3.8, 4) is 0 Å². The van der Waals surface area contributed by atoms with Crippen molar-refractivity contribution in [2.45, 2.75) is 6.54 Å². The van der Waals surface area contributed by atoms with Crippen molar-refractivity contribution in [3.63, 3.8) is 0 Å². The molecule has 142 valence electrons. The Labute approximate surface area is 158 Å². The van der Waals surface area contributed by atoms with Crippen LogP contribution in [0.25, 0.3) is 0 Å². The maximum absolute atomic E-state index is 12.6. The van der Waals surface area contributed by atoms with Crippen molar-refractivity contribution in [3.05, 3.63) is 59.7 Å². The third-order valence-corrected chi connectivity index (χ3v) is 4.48. The number of nitrogens with zero attached hydrogens (tertiary/aromatic N) is 2. The van der Waals surface area contributed by atoms with Gasteiger partial charge in [-0.1, -0.05) is 12.1 Å². The summed E-state index contributed by atoms with van der Waals surface area (Å²) in [5.74, 6) is -0.0853. The van der Waals surface area contributed by atoms with E-state index in [0.717, 1.165) is 31.9 Å². The van der Waals surface area contributed by atoms with Crippen LogP contribution in [0.5, 0.6) is 0 Å². The molecule has 0 aromatic heterocycles. The Bertz CT molecular complexity index is 784. The van der Waals surface area contributed by atoms with Crippen LogP contribution in [0.15, 0.2) is 48.5 Å². The van der Waals surface area contributed by atoms with E-state index in [0.29, 0.717) is 17.8 Å². The number of morpholine rings is 1. The van der Waals surface area contributed by atoms with Gasteiger partial charge in [-0.25, -0.2) is 4.79 Å². The SMILES string of the molecule is CN(Cc1ccc(N2CCOCC2)cc1)C(=O)c1ccc(NC(N)=O)cc1. The van der Waals surface area contributed by atoms with E-state index in [1.54, 1.807) is 36.2 Å². The maximum atomic E-state index is 12.6. The average Bonchev–Trinajstić information content (AvgIpc) is 2.69. The topological polar surface area (TPSA) is 87.9 Å². The highest BCUT2D eigenvalue weighted by atomic mass is 16.5. The highest BCUT2D eigenvalue weighted by Crippen LogP contribution is 2.18. The lowest BCUT2D eigenvalue weighted by molar-refractivity contribution is 0.0785. The van der Waals surface area contributed by atoms with Crippen molar-refractivity contribution in [2.75, 3.05) is 43.6 Å². The molecule has 0 bridgehead atoms. The third-order valence-electron chi connectivity index (χ3n) is 4.48. The molecule has 3 N–H and O–H groups in total. The zero-order valence-corrected chi connectivity index (χ0v) is 15.4. The zero-order valence-electron chi connectivity index (χ0n) is 15.4. The Morgan fingerprint density at radius 1 is 1.07 bits per heavy atom. The fourth-order valence-corrected chi connectivity index (χ4v) is 3.04. The first-order chi connectivity index (χ1) is 13.0. The van der Waals surface area contributed by atoms with Gasteiger partial charge in [-0.2, -0.15) is 0 Å². The summed E-state index contributed by atoms with van der Waals surface area (Å²) >= 11 is 0. The second kappa shape index (κ2) is 8.55. The Hall–Kier alpha value is -3.06. The first-order valence-corrected chi connectivity index (χ1v) is 8.86. The van der Waals surface area contributed by atoms with Gasteiger partial charge in [-0.15, -0.1) is 0 Å². The Kier molecular flexibility index (Phi) is 5.93. The molecule has 3 amide bonds. The van der Waals surface area contributed by atoms with Crippen LogP contribution in [-0.2, 0) is 11.3 Å². The molecule has 27 heavy (non-hydrogen) atoms. The van der Waals surface area contributed by atoms with E-state index < -0.39 is 6.03 Å². The molecular weight excluding hydrogens is 344 g/mol. The van der Waals surface area contributed by atoms with Crippen LogP contribution < -0.4 is 16.0 Å². The summed E-state index contributed by atoms with van der Waals surface area (Å²) in [6, 6.07) is 14.3. The van der Waals surface area contributed by atoms with Crippen molar-refractivity contribution in [1.29, 1.82) is 0 Å². The third kappa shape index (κ3) is 4.98. The predicted molar refractivity (Wildman–Crippen MR) is 105 cm³/mol. The van der Waals surface area contributed by atoms with Gasteiger partial charge in [-0.3, -0.25) is 4.79 Å². The van der Waals surface area contributed by atoms with E-state index in [4.69, 9.17) is 10.5 Å².